The van der Waals surface area contributed by atoms with Crippen molar-refractivity contribution in [2.45, 2.75) is 25.5 Å². The van der Waals surface area contributed by atoms with Crippen molar-refractivity contribution in [3.05, 3.63) is 53.5 Å². The van der Waals surface area contributed by atoms with Crippen LogP contribution in [0.15, 0.2) is 40.8 Å². The van der Waals surface area contributed by atoms with Crippen molar-refractivity contribution < 1.29 is 28.6 Å². The zero-order valence-corrected chi connectivity index (χ0v) is 13.9. The van der Waals surface area contributed by atoms with Gasteiger partial charge in [-0.15, -0.1) is 0 Å². The standard InChI is InChI=1S/C18H18N2O6/c21-16(14-6-7-15(26-14)18(23)24)19-10-11-3-1-4-12(9-11)20-17(22)13-5-2-8-25-13/h1,3-4,6-7,9,13H,2,5,8,10H2,(H,19,21)(H,20,22)(H,23,24). The summed E-state index contributed by atoms with van der Waals surface area (Å²) >= 11 is 0. The van der Waals surface area contributed by atoms with Gasteiger partial charge in [0.05, 0.1) is 0 Å². The molecule has 2 heterocycles. The minimum atomic E-state index is -1.24. The first kappa shape index (κ1) is 17.7. The highest BCUT2D eigenvalue weighted by Gasteiger charge is 2.23. The molecule has 8 heteroatoms. The molecule has 1 aliphatic heterocycles. The van der Waals surface area contributed by atoms with Crippen LogP contribution in [0.1, 0.15) is 39.5 Å². The van der Waals surface area contributed by atoms with Crippen LogP contribution in [0, 0.1) is 0 Å². The van der Waals surface area contributed by atoms with E-state index in [1.165, 1.54) is 12.1 Å². The maximum absolute atomic E-state index is 12.1. The molecule has 1 fully saturated rings. The lowest BCUT2D eigenvalue weighted by Gasteiger charge is -2.11. The zero-order chi connectivity index (χ0) is 18.5. The summed E-state index contributed by atoms with van der Waals surface area (Å²) in [5.74, 6) is -2.32. The molecule has 3 rings (SSSR count). The van der Waals surface area contributed by atoms with Crippen LogP contribution < -0.4 is 10.6 Å². The van der Waals surface area contributed by atoms with E-state index in [1.807, 2.05) is 0 Å². The summed E-state index contributed by atoms with van der Waals surface area (Å²) in [6.45, 7) is 0.798. The molecule has 3 N–H and O–H groups in total. The maximum Gasteiger partial charge on any atom is 0.371 e. The van der Waals surface area contributed by atoms with Crippen molar-refractivity contribution in [3.63, 3.8) is 0 Å². The van der Waals surface area contributed by atoms with Crippen molar-refractivity contribution in [3.8, 4) is 0 Å². The summed E-state index contributed by atoms with van der Waals surface area (Å²) in [6.07, 6.45) is 1.17. The van der Waals surface area contributed by atoms with Crippen molar-refractivity contribution in [1.29, 1.82) is 0 Å². The molecule has 0 bridgehead atoms. The highest BCUT2D eigenvalue weighted by molar-refractivity contribution is 5.94. The average molecular weight is 358 g/mol. The molecule has 1 unspecified atom stereocenters. The minimum Gasteiger partial charge on any atom is -0.475 e. The number of amides is 2. The van der Waals surface area contributed by atoms with E-state index in [1.54, 1.807) is 24.3 Å². The second-order valence-electron chi connectivity index (χ2n) is 5.84. The number of anilines is 1. The predicted octanol–water partition coefficient (Wildman–Crippen LogP) is 2.03. The molecular weight excluding hydrogens is 340 g/mol. The number of carboxylic acids is 1. The normalized spacial score (nSPS) is 16.2. The SMILES string of the molecule is O=C(O)c1ccc(C(=O)NCc2cccc(NC(=O)C3CCCO3)c2)o1. The Morgan fingerprint density at radius 1 is 1.15 bits per heavy atom. The van der Waals surface area contributed by atoms with Gasteiger partial charge in [0.2, 0.25) is 5.76 Å². The molecule has 1 aromatic carbocycles. The number of hydrogen-bond acceptors (Lipinski definition) is 5. The highest BCUT2D eigenvalue weighted by Crippen LogP contribution is 2.16. The fourth-order valence-corrected chi connectivity index (χ4v) is 2.61. The van der Waals surface area contributed by atoms with Gasteiger partial charge in [0.15, 0.2) is 5.76 Å². The zero-order valence-electron chi connectivity index (χ0n) is 13.9. The van der Waals surface area contributed by atoms with E-state index in [4.69, 9.17) is 14.3 Å². The molecule has 0 aliphatic carbocycles. The summed E-state index contributed by atoms with van der Waals surface area (Å²) in [4.78, 5) is 34.8. The highest BCUT2D eigenvalue weighted by atomic mass is 16.5. The number of rotatable bonds is 6. The van der Waals surface area contributed by atoms with Gasteiger partial charge >= 0.3 is 5.97 Å². The molecule has 0 spiro atoms. The number of nitrogens with one attached hydrogen (secondary N) is 2. The fourth-order valence-electron chi connectivity index (χ4n) is 2.61. The Hall–Kier alpha value is -3.13. The number of hydrogen-bond donors (Lipinski definition) is 3. The monoisotopic (exact) mass is 358 g/mol. The van der Waals surface area contributed by atoms with Crippen molar-refractivity contribution >= 4 is 23.5 Å². The Labute approximate surface area is 149 Å². The molecule has 1 saturated heterocycles. The Balaban J connectivity index is 1.56. The molecule has 0 saturated carbocycles. The average Bonchev–Trinajstić information content (AvgIpc) is 3.31. The van der Waals surface area contributed by atoms with E-state index in [2.05, 4.69) is 10.6 Å². The van der Waals surface area contributed by atoms with E-state index in [-0.39, 0.29) is 24.0 Å². The van der Waals surface area contributed by atoms with Gasteiger partial charge in [0.25, 0.3) is 11.8 Å². The van der Waals surface area contributed by atoms with Gasteiger partial charge in [-0.1, -0.05) is 12.1 Å². The Bertz CT molecular complexity index is 823. The summed E-state index contributed by atoms with van der Waals surface area (Å²) in [6, 6.07) is 9.59. The van der Waals surface area contributed by atoms with E-state index < -0.39 is 18.0 Å². The summed E-state index contributed by atoms with van der Waals surface area (Å²) in [7, 11) is 0. The van der Waals surface area contributed by atoms with Gasteiger partial charge < -0.3 is 24.9 Å². The number of ether oxygens (including phenoxy) is 1. The van der Waals surface area contributed by atoms with Crippen molar-refractivity contribution in [2.75, 3.05) is 11.9 Å². The fraction of sp³-hybridized carbons (Fsp3) is 0.278. The largest absolute Gasteiger partial charge is 0.475 e. The van der Waals surface area contributed by atoms with Crippen LogP contribution in [0.25, 0.3) is 0 Å². The predicted molar refractivity (Wildman–Crippen MR) is 90.9 cm³/mol. The third-order valence-electron chi connectivity index (χ3n) is 3.91. The van der Waals surface area contributed by atoms with Gasteiger partial charge in [0, 0.05) is 18.8 Å². The Morgan fingerprint density at radius 2 is 1.96 bits per heavy atom. The van der Waals surface area contributed by atoms with Crippen LogP contribution in [0.4, 0.5) is 5.69 Å². The Kier molecular flexibility index (Phi) is 5.33. The van der Waals surface area contributed by atoms with Crippen LogP contribution >= 0.6 is 0 Å². The summed E-state index contributed by atoms with van der Waals surface area (Å²) < 4.78 is 10.3. The number of benzene rings is 1. The van der Waals surface area contributed by atoms with E-state index in [0.717, 1.165) is 12.0 Å². The molecule has 8 nitrogen and oxygen atoms in total. The number of furan rings is 1. The van der Waals surface area contributed by atoms with Gasteiger partial charge in [-0.05, 0) is 42.7 Å². The van der Waals surface area contributed by atoms with Gasteiger partial charge in [-0.3, -0.25) is 9.59 Å². The Morgan fingerprint density at radius 3 is 2.65 bits per heavy atom. The molecule has 2 aromatic rings. The third-order valence-corrected chi connectivity index (χ3v) is 3.91. The van der Waals surface area contributed by atoms with E-state index in [0.29, 0.717) is 18.7 Å². The van der Waals surface area contributed by atoms with Crippen molar-refractivity contribution in [2.24, 2.45) is 0 Å². The second-order valence-corrected chi connectivity index (χ2v) is 5.84. The quantitative estimate of drug-likeness (QED) is 0.727. The van der Waals surface area contributed by atoms with Gasteiger partial charge in [-0.2, -0.15) is 0 Å². The number of aromatic carboxylic acids is 1. The first-order valence-corrected chi connectivity index (χ1v) is 8.15. The van der Waals surface area contributed by atoms with Crippen LogP contribution in [-0.4, -0.2) is 35.6 Å². The lowest BCUT2D eigenvalue weighted by molar-refractivity contribution is -0.124. The van der Waals surface area contributed by atoms with Gasteiger partial charge in [0.1, 0.15) is 6.10 Å². The summed E-state index contributed by atoms with van der Waals surface area (Å²) in [5, 5.41) is 14.2. The number of carbonyl (C=O) groups is 3. The maximum atomic E-state index is 12.1. The smallest absolute Gasteiger partial charge is 0.371 e. The first-order chi connectivity index (χ1) is 12.5. The number of carbonyl (C=O) groups excluding carboxylic acids is 2. The van der Waals surface area contributed by atoms with Crippen LogP contribution in [0.5, 0.6) is 0 Å². The second kappa shape index (κ2) is 7.83. The molecule has 1 aliphatic rings. The first-order valence-electron chi connectivity index (χ1n) is 8.15. The van der Waals surface area contributed by atoms with Crippen LogP contribution in [0.2, 0.25) is 0 Å². The van der Waals surface area contributed by atoms with E-state index >= 15 is 0 Å². The number of carboxylic acid groups (broad SMARTS) is 1. The molecule has 1 atom stereocenters. The molecule has 26 heavy (non-hydrogen) atoms. The van der Waals surface area contributed by atoms with Gasteiger partial charge in [-0.25, -0.2) is 4.79 Å². The third kappa shape index (κ3) is 4.28. The lowest BCUT2D eigenvalue weighted by Crippen LogP contribution is -2.27. The molecule has 0 radical (unpaired) electrons. The van der Waals surface area contributed by atoms with Crippen LogP contribution in [0.3, 0.4) is 0 Å². The molecule has 1 aromatic heterocycles. The molecular formula is C18H18N2O6. The molecule has 136 valence electrons. The minimum absolute atomic E-state index is 0.0785. The molecule has 2 amide bonds. The van der Waals surface area contributed by atoms with Crippen LogP contribution in [-0.2, 0) is 16.1 Å². The topological polar surface area (TPSA) is 118 Å². The van der Waals surface area contributed by atoms with Crippen molar-refractivity contribution in [1.82, 2.24) is 5.32 Å². The lowest BCUT2D eigenvalue weighted by atomic mass is 10.2. The summed E-state index contributed by atoms with van der Waals surface area (Å²) in [5.41, 5.74) is 1.39. The van der Waals surface area contributed by atoms with E-state index in [9.17, 15) is 14.4 Å².